The largest absolute Gasteiger partial charge is 0.494 e. The molecule has 2 aromatic rings. The lowest BCUT2D eigenvalue weighted by Gasteiger charge is -2.11. The van der Waals surface area contributed by atoms with Crippen LogP contribution in [0.2, 0.25) is 0 Å². The van der Waals surface area contributed by atoms with E-state index in [4.69, 9.17) is 9.47 Å². The molecular formula is C19H21IN2O3. The van der Waals surface area contributed by atoms with E-state index in [2.05, 4.69) is 33.1 Å². The number of nitrogens with zero attached hydrogens (tertiary/aromatic N) is 1. The average molecular weight is 452 g/mol. The molecule has 2 aromatic carbocycles. The number of benzene rings is 2. The highest BCUT2D eigenvalue weighted by molar-refractivity contribution is 14.1. The van der Waals surface area contributed by atoms with Gasteiger partial charge in [0.05, 0.1) is 12.8 Å². The number of carbonyl (C=O) groups excluding carboxylic acids is 1. The fourth-order valence-electron chi connectivity index (χ4n) is 2.29. The van der Waals surface area contributed by atoms with Gasteiger partial charge in [0.25, 0.3) is 5.91 Å². The van der Waals surface area contributed by atoms with Crippen molar-refractivity contribution in [3.63, 3.8) is 0 Å². The van der Waals surface area contributed by atoms with Gasteiger partial charge in [0.1, 0.15) is 11.5 Å². The van der Waals surface area contributed by atoms with Gasteiger partial charge in [-0.05, 0) is 96.5 Å². The van der Waals surface area contributed by atoms with Crippen LogP contribution in [0.15, 0.2) is 41.5 Å². The molecule has 0 aliphatic carbocycles. The Morgan fingerprint density at radius 1 is 1.16 bits per heavy atom. The molecule has 0 atom stereocenters. The van der Waals surface area contributed by atoms with E-state index < -0.39 is 0 Å². The van der Waals surface area contributed by atoms with Gasteiger partial charge in [0.15, 0.2) is 6.61 Å². The zero-order chi connectivity index (χ0) is 18.2. The highest BCUT2D eigenvalue weighted by Gasteiger charge is 2.08. The maximum atomic E-state index is 11.9. The Bertz CT molecular complexity index is 735. The van der Waals surface area contributed by atoms with E-state index in [0.29, 0.717) is 6.61 Å². The number of ether oxygens (including phenoxy) is 2. The SMILES string of the molecule is CCOc1ccc(/C=N/NC(=O)COc2c(C)cc(I)cc2C)cc1. The van der Waals surface area contributed by atoms with Crippen LogP contribution < -0.4 is 14.9 Å². The van der Waals surface area contributed by atoms with Crippen LogP contribution in [-0.4, -0.2) is 25.3 Å². The van der Waals surface area contributed by atoms with E-state index in [1.807, 2.05) is 57.2 Å². The maximum absolute atomic E-state index is 11.9. The zero-order valence-electron chi connectivity index (χ0n) is 14.5. The molecule has 6 heteroatoms. The first-order valence-corrected chi connectivity index (χ1v) is 9.01. The van der Waals surface area contributed by atoms with Crippen LogP contribution in [0.5, 0.6) is 11.5 Å². The van der Waals surface area contributed by atoms with E-state index in [1.54, 1.807) is 6.21 Å². The Balaban J connectivity index is 1.84. The molecule has 0 spiro atoms. The van der Waals surface area contributed by atoms with Gasteiger partial charge in [-0.25, -0.2) is 5.43 Å². The van der Waals surface area contributed by atoms with Gasteiger partial charge in [0.2, 0.25) is 0 Å². The minimum Gasteiger partial charge on any atom is -0.494 e. The van der Waals surface area contributed by atoms with Crippen LogP contribution in [0.25, 0.3) is 0 Å². The first kappa shape index (κ1) is 19.2. The summed E-state index contributed by atoms with van der Waals surface area (Å²) in [6.45, 7) is 6.41. The minimum atomic E-state index is -0.306. The number of rotatable bonds is 7. The molecule has 0 saturated carbocycles. The number of aryl methyl sites for hydroxylation is 2. The van der Waals surface area contributed by atoms with E-state index >= 15 is 0 Å². The number of carbonyl (C=O) groups is 1. The first-order chi connectivity index (χ1) is 12.0. The van der Waals surface area contributed by atoms with E-state index in [0.717, 1.165) is 31.8 Å². The van der Waals surface area contributed by atoms with Crippen LogP contribution in [0.1, 0.15) is 23.6 Å². The Morgan fingerprint density at radius 3 is 2.40 bits per heavy atom. The Morgan fingerprint density at radius 2 is 1.80 bits per heavy atom. The second kappa shape index (κ2) is 9.41. The fourth-order valence-corrected chi connectivity index (χ4v) is 3.22. The van der Waals surface area contributed by atoms with Gasteiger partial charge in [-0.15, -0.1) is 0 Å². The van der Waals surface area contributed by atoms with Crippen molar-refractivity contribution in [3.05, 3.63) is 56.7 Å². The monoisotopic (exact) mass is 452 g/mol. The molecular weight excluding hydrogens is 431 g/mol. The molecule has 2 rings (SSSR count). The van der Waals surface area contributed by atoms with Gasteiger partial charge >= 0.3 is 0 Å². The topological polar surface area (TPSA) is 59.9 Å². The zero-order valence-corrected chi connectivity index (χ0v) is 16.7. The number of halogens is 1. The van der Waals surface area contributed by atoms with Crippen molar-refractivity contribution < 1.29 is 14.3 Å². The second-order valence-corrected chi connectivity index (χ2v) is 6.70. The van der Waals surface area contributed by atoms with Crippen molar-refractivity contribution in [2.24, 2.45) is 5.10 Å². The smallest absolute Gasteiger partial charge is 0.277 e. The third kappa shape index (κ3) is 6.04. The molecule has 1 amide bonds. The van der Waals surface area contributed by atoms with E-state index in [9.17, 15) is 4.79 Å². The first-order valence-electron chi connectivity index (χ1n) is 7.94. The highest BCUT2D eigenvalue weighted by Crippen LogP contribution is 2.25. The van der Waals surface area contributed by atoms with Crippen LogP contribution in [0.3, 0.4) is 0 Å². The summed E-state index contributed by atoms with van der Waals surface area (Å²) in [7, 11) is 0. The lowest BCUT2D eigenvalue weighted by atomic mass is 10.1. The van der Waals surface area contributed by atoms with Gasteiger partial charge in [-0.3, -0.25) is 4.79 Å². The van der Waals surface area contributed by atoms with Gasteiger partial charge < -0.3 is 9.47 Å². The van der Waals surface area contributed by atoms with Crippen LogP contribution >= 0.6 is 22.6 Å². The van der Waals surface area contributed by atoms with Crippen LogP contribution in [0, 0.1) is 17.4 Å². The Labute approximate surface area is 161 Å². The summed E-state index contributed by atoms with van der Waals surface area (Å²) in [5.41, 5.74) is 5.35. The van der Waals surface area contributed by atoms with Crippen LogP contribution in [0.4, 0.5) is 0 Å². The summed E-state index contributed by atoms with van der Waals surface area (Å²) in [5.74, 6) is 1.24. The predicted octanol–water partition coefficient (Wildman–Crippen LogP) is 3.84. The number of amides is 1. The summed E-state index contributed by atoms with van der Waals surface area (Å²) in [4.78, 5) is 11.9. The summed E-state index contributed by atoms with van der Waals surface area (Å²) < 4.78 is 12.1. The number of hydrogen-bond donors (Lipinski definition) is 1. The van der Waals surface area contributed by atoms with Crippen molar-refractivity contribution in [1.82, 2.24) is 5.43 Å². The molecule has 1 N–H and O–H groups in total. The molecule has 0 radical (unpaired) electrons. The molecule has 0 bridgehead atoms. The van der Waals surface area contributed by atoms with E-state index in [1.165, 1.54) is 0 Å². The molecule has 0 heterocycles. The minimum absolute atomic E-state index is 0.0805. The van der Waals surface area contributed by atoms with Gasteiger partial charge in [0, 0.05) is 3.57 Å². The fraction of sp³-hybridized carbons (Fsp3) is 0.263. The highest BCUT2D eigenvalue weighted by atomic mass is 127. The second-order valence-electron chi connectivity index (χ2n) is 5.45. The molecule has 0 saturated heterocycles. The van der Waals surface area contributed by atoms with Crippen molar-refractivity contribution >= 4 is 34.7 Å². The Kier molecular flexibility index (Phi) is 7.24. The predicted molar refractivity (Wildman–Crippen MR) is 107 cm³/mol. The third-order valence-electron chi connectivity index (χ3n) is 3.37. The molecule has 0 aliphatic heterocycles. The molecule has 0 aliphatic rings. The molecule has 5 nitrogen and oxygen atoms in total. The van der Waals surface area contributed by atoms with Crippen molar-refractivity contribution in [3.8, 4) is 11.5 Å². The molecule has 0 fully saturated rings. The molecule has 25 heavy (non-hydrogen) atoms. The molecule has 0 aromatic heterocycles. The summed E-state index contributed by atoms with van der Waals surface area (Å²) in [6.07, 6.45) is 1.58. The van der Waals surface area contributed by atoms with E-state index in [-0.39, 0.29) is 12.5 Å². The summed E-state index contributed by atoms with van der Waals surface area (Å²) >= 11 is 2.26. The summed E-state index contributed by atoms with van der Waals surface area (Å²) in [5, 5.41) is 3.94. The Hall–Kier alpha value is -2.09. The van der Waals surface area contributed by atoms with Gasteiger partial charge in [-0.1, -0.05) is 0 Å². The summed E-state index contributed by atoms with van der Waals surface area (Å²) in [6, 6.07) is 11.5. The van der Waals surface area contributed by atoms with Crippen molar-refractivity contribution in [2.75, 3.05) is 13.2 Å². The van der Waals surface area contributed by atoms with Crippen molar-refractivity contribution in [1.29, 1.82) is 0 Å². The lowest BCUT2D eigenvalue weighted by Crippen LogP contribution is -2.25. The number of nitrogens with one attached hydrogen (secondary N) is 1. The number of hydrazone groups is 1. The third-order valence-corrected chi connectivity index (χ3v) is 3.99. The normalized spacial score (nSPS) is 10.7. The van der Waals surface area contributed by atoms with Gasteiger partial charge in [-0.2, -0.15) is 5.10 Å². The molecule has 132 valence electrons. The maximum Gasteiger partial charge on any atom is 0.277 e. The molecule has 0 unspecified atom stereocenters. The van der Waals surface area contributed by atoms with Crippen molar-refractivity contribution in [2.45, 2.75) is 20.8 Å². The quantitative estimate of drug-likeness (QED) is 0.395. The van der Waals surface area contributed by atoms with Crippen LogP contribution in [-0.2, 0) is 4.79 Å². The lowest BCUT2D eigenvalue weighted by molar-refractivity contribution is -0.123. The number of hydrogen-bond acceptors (Lipinski definition) is 4. The average Bonchev–Trinajstić information content (AvgIpc) is 2.56. The standard InChI is InChI=1S/C19H21IN2O3/c1-4-24-17-7-5-15(6-8-17)11-21-22-18(23)12-25-19-13(2)9-16(20)10-14(19)3/h5-11H,4,12H2,1-3H3,(H,22,23)/b21-11+.